The lowest BCUT2D eigenvalue weighted by Gasteiger charge is -2.10. The van der Waals surface area contributed by atoms with Crippen LogP contribution < -0.4 is 10.1 Å². The largest absolute Gasteiger partial charge is 0.491 e. The number of likely N-dealkylation sites (N-methyl/N-ethyl adjacent to an activating group) is 1. The maximum atomic E-state index is 11.3. The molecule has 0 fully saturated rings. The monoisotopic (exact) mass is 254 g/mol. The number of benzene rings is 1. The third-order valence-electron chi connectivity index (χ3n) is 2.15. The zero-order valence-electron chi connectivity index (χ0n) is 9.67. The molecular weight excluding hydrogens is 240 g/mol. The molecule has 0 amide bonds. The van der Waals surface area contributed by atoms with Crippen LogP contribution in [0.4, 0.5) is 0 Å². The Morgan fingerprint density at radius 3 is 2.76 bits per heavy atom. The van der Waals surface area contributed by atoms with Gasteiger partial charge in [-0.25, -0.2) is 8.42 Å². The summed E-state index contributed by atoms with van der Waals surface area (Å²) in [4.78, 5) is 0.202. The number of sulfone groups is 1. The number of rotatable bonds is 5. The molecule has 0 heterocycles. The summed E-state index contributed by atoms with van der Waals surface area (Å²) in [5.74, 6) is 0.434. The Kier molecular flexibility index (Phi) is 4.49. The summed E-state index contributed by atoms with van der Waals surface area (Å²) in [6, 6.07) is 7.79. The Hall–Kier alpha value is -1.58. The maximum Gasteiger partial charge on any atom is 0.175 e. The Bertz CT molecular complexity index is 520. The van der Waals surface area contributed by atoms with Gasteiger partial charge in [-0.3, -0.25) is 0 Å². The van der Waals surface area contributed by atoms with E-state index in [1.807, 2.05) is 6.07 Å². The van der Waals surface area contributed by atoms with Crippen molar-refractivity contribution in [3.8, 4) is 11.8 Å². The third-order valence-corrected chi connectivity index (χ3v) is 3.26. The van der Waals surface area contributed by atoms with Crippen LogP contribution in [0, 0.1) is 11.3 Å². The first-order valence-electron chi connectivity index (χ1n) is 4.97. The van der Waals surface area contributed by atoms with Gasteiger partial charge in [0.1, 0.15) is 18.4 Å². The molecule has 1 aromatic rings. The molecule has 0 saturated heterocycles. The Labute approximate surface area is 101 Å². The van der Waals surface area contributed by atoms with Crippen molar-refractivity contribution in [2.75, 3.05) is 19.9 Å². The van der Waals surface area contributed by atoms with Crippen LogP contribution in [0.2, 0.25) is 0 Å². The first-order valence-corrected chi connectivity index (χ1v) is 6.86. The van der Waals surface area contributed by atoms with Crippen molar-refractivity contribution in [1.82, 2.24) is 5.32 Å². The number of hydrogen-bond donors (Lipinski definition) is 1. The minimum absolute atomic E-state index is 0.167. The average Bonchev–Trinajstić information content (AvgIpc) is 2.30. The highest BCUT2D eigenvalue weighted by molar-refractivity contribution is 7.90. The molecular formula is C11H14N2O3S. The Balaban J connectivity index is 2.77. The van der Waals surface area contributed by atoms with Gasteiger partial charge in [0.15, 0.2) is 9.84 Å². The zero-order chi connectivity index (χ0) is 12.9. The second-order valence-electron chi connectivity index (χ2n) is 3.53. The van der Waals surface area contributed by atoms with E-state index in [2.05, 4.69) is 5.32 Å². The first kappa shape index (κ1) is 13.5. The summed E-state index contributed by atoms with van der Waals surface area (Å²) in [5, 5.41) is 11.5. The van der Waals surface area contributed by atoms with E-state index in [0.29, 0.717) is 5.75 Å². The minimum atomic E-state index is -3.24. The lowest BCUT2D eigenvalue weighted by molar-refractivity contribution is 0.294. The standard InChI is InChI=1S/C11H14N2O3S/c1-13-9(7-12)8-16-10-4-3-5-11(6-10)17(2,14)15/h3-6,9,13H,8H2,1-2H3. The Morgan fingerprint density at radius 1 is 1.53 bits per heavy atom. The molecule has 1 atom stereocenters. The lowest BCUT2D eigenvalue weighted by atomic mass is 10.3. The molecule has 0 bridgehead atoms. The second-order valence-corrected chi connectivity index (χ2v) is 5.54. The van der Waals surface area contributed by atoms with Crippen molar-refractivity contribution in [2.45, 2.75) is 10.9 Å². The fourth-order valence-corrected chi connectivity index (χ4v) is 1.82. The van der Waals surface area contributed by atoms with Gasteiger partial charge < -0.3 is 10.1 Å². The summed E-state index contributed by atoms with van der Waals surface area (Å²) in [7, 11) is -1.58. The molecule has 0 radical (unpaired) electrons. The van der Waals surface area contributed by atoms with E-state index in [-0.39, 0.29) is 11.5 Å². The van der Waals surface area contributed by atoms with Gasteiger partial charge in [-0.15, -0.1) is 0 Å². The van der Waals surface area contributed by atoms with E-state index < -0.39 is 15.9 Å². The van der Waals surface area contributed by atoms with Gasteiger partial charge in [-0.1, -0.05) is 6.07 Å². The van der Waals surface area contributed by atoms with E-state index in [9.17, 15) is 8.42 Å². The van der Waals surface area contributed by atoms with Gasteiger partial charge in [-0.05, 0) is 25.2 Å². The molecule has 5 nitrogen and oxygen atoms in total. The van der Waals surface area contributed by atoms with E-state index >= 15 is 0 Å². The molecule has 0 aliphatic heterocycles. The predicted octanol–water partition coefficient (Wildman–Crippen LogP) is 0.580. The molecule has 1 aromatic carbocycles. The highest BCUT2D eigenvalue weighted by atomic mass is 32.2. The number of nitrogens with one attached hydrogen (secondary N) is 1. The van der Waals surface area contributed by atoms with Gasteiger partial charge in [0.05, 0.1) is 11.0 Å². The van der Waals surface area contributed by atoms with Gasteiger partial charge in [0, 0.05) is 6.26 Å². The number of ether oxygens (including phenoxy) is 1. The fraction of sp³-hybridized carbons (Fsp3) is 0.364. The molecule has 0 aliphatic carbocycles. The predicted molar refractivity (Wildman–Crippen MR) is 63.5 cm³/mol. The fourth-order valence-electron chi connectivity index (χ4n) is 1.16. The molecule has 0 saturated carbocycles. The summed E-state index contributed by atoms with van der Waals surface area (Å²) >= 11 is 0. The minimum Gasteiger partial charge on any atom is -0.491 e. The van der Waals surface area contributed by atoms with E-state index in [1.54, 1.807) is 19.2 Å². The van der Waals surface area contributed by atoms with Crippen molar-refractivity contribution in [2.24, 2.45) is 0 Å². The van der Waals surface area contributed by atoms with Crippen LogP contribution in [0.25, 0.3) is 0 Å². The summed E-state index contributed by atoms with van der Waals surface area (Å²) < 4.78 is 28.0. The van der Waals surface area contributed by atoms with Gasteiger partial charge >= 0.3 is 0 Å². The second kappa shape index (κ2) is 5.66. The average molecular weight is 254 g/mol. The molecule has 92 valence electrons. The normalized spacial score (nSPS) is 12.8. The number of nitriles is 1. The number of hydrogen-bond acceptors (Lipinski definition) is 5. The molecule has 0 aliphatic rings. The number of nitrogens with zero attached hydrogens (tertiary/aromatic N) is 1. The quantitative estimate of drug-likeness (QED) is 0.831. The highest BCUT2D eigenvalue weighted by Gasteiger charge is 2.09. The molecule has 0 aromatic heterocycles. The molecule has 17 heavy (non-hydrogen) atoms. The Morgan fingerprint density at radius 2 is 2.24 bits per heavy atom. The van der Waals surface area contributed by atoms with Crippen molar-refractivity contribution >= 4 is 9.84 Å². The third kappa shape index (κ3) is 4.06. The van der Waals surface area contributed by atoms with Crippen LogP contribution in [0.5, 0.6) is 5.75 Å². The van der Waals surface area contributed by atoms with Crippen molar-refractivity contribution < 1.29 is 13.2 Å². The van der Waals surface area contributed by atoms with Crippen LogP contribution in [-0.4, -0.2) is 34.4 Å². The maximum absolute atomic E-state index is 11.3. The van der Waals surface area contributed by atoms with Crippen LogP contribution in [0.15, 0.2) is 29.2 Å². The topological polar surface area (TPSA) is 79.2 Å². The van der Waals surface area contributed by atoms with Gasteiger partial charge in [0.25, 0.3) is 0 Å². The van der Waals surface area contributed by atoms with Crippen LogP contribution in [-0.2, 0) is 9.84 Å². The summed E-state index contributed by atoms with van der Waals surface area (Å²) in [6.07, 6.45) is 1.14. The lowest BCUT2D eigenvalue weighted by Crippen LogP contribution is -2.29. The van der Waals surface area contributed by atoms with E-state index in [0.717, 1.165) is 6.26 Å². The van der Waals surface area contributed by atoms with Crippen molar-refractivity contribution in [3.05, 3.63) is 24.3 Å². The van der Waals surface area contributed by atoms with E-state index in [1.165, 1.54) is 12.1 Å². The zero-order valence-corrected chi connectivity index (χ0v) is 10.5. The van der Waals surface area contributed by atoms with Crippen LogP contribution in [0.3, 0.4) is 0 Å². The van der Waals surface area contributed by atoms with Crippen LogP contribution in [0.1, 0.15) is 0 Å². The van der Waals surface area contributed by atoms with Crippen molar-refractivity contribution in [1.29, 1.82) is 5.26 Å². The van der Waals surface area contributed by atoms with Gasteiger partial charge in [-0.2, -0.15) is 5.26 Å². The van der Waals surface area contributed by atoms with Gasteiger partial charge in [0.2, 0.25) is 0 Å². The molecule has 1 rings (SSSR count). The van der Waals surface area contributed by atoms with E-state index in [4.69, 9.17) is 10.00 Å². The summed E-state index contributed by atoms with van der Waals surface area (Å²) in [5.41, 5.74) is 0. The smallest absolute Gasteiger partial charge is 0.175 e. The SMILES string of the molecule is CNC(C#N)COc1cccc(S(C)(=O)=O)c1. The van der Waals surface area contributed by atoms with Crippen LogP contribution >= 0.6 is 0 Å². The van der Waals surface area contributed by atoms with Crippen molar-refractivity contribution in [3.63, 3.8) is 0 Å². The molecule has 1 N–H and O–H groups in total. The first-order chi connectivity index (χ1) is 7.97. The molecule has 0 spiro atoms. The molecule has 6 heteroatoms. The highest BCUT2D eigenvalue weighted by Crippen LogP contribution is 2.17. The molecule has 1 unspecified atom stereocenters. The summed E-state index contributed by atoms with van der Waals surface area (Å²) in [6.45, 7) is 0.167.